The molecule has 0 fully saturated rings. The molecule has 0 aliphatic rings. The van der Waals surface area contributed by atoms with E-state index >= 15 is 0 Å². The standard InChI is InChI=1S/C12H26N2O2/c1-12(2,3)16-10-11(15)14(4)9-7-5-6-8-13/h5-10,13H2,1-4H3. The Kier molecular flexibility index (Phi) is 7.34. The van der Waals surface area contributed by atoms with Crippen LogP contribution in [0.2, 0.25) is 0 Å². The molecule has 0 saturated carbocycles. The lowest BCUT2D eigenvalue weighted by molar-refractivity contribution is -0.139. The molecule has 0 heterocycles. The lowest BCUT2D eigenvalue weighted by Gasteiger charge is -2.22. The SMILES string of the molecule is CN(CCCCCN)C(=O)COC(C)(C)C. The van der Waals surface area contributed by atoms with Crippen molar-refractivity contribution in [3.63, 3.8) is 0 Å². The largest absolute Gasteiger partial charge is 0.366 e. The topological polar surface area (TPSA) is 55.6 Å². The molecule has 96 valence electrons. The van der Waals surface area contributed by atoms with Crippen molar-refractivity contribution in [1.82, 2.24) is 4.90 Å². The van der Waals surface area contributed by atoms with Crippen molar-refractivity contribution < 1.29 is 9.53 Å². The highest BCUT2D eigenvalue weighted by atomic mass is 16.5. The van der Waals surface area contributed by atoms with Gasteiger partial charge >= 0.3 is 0 Å². The number of hydrogen-bond donors (Lipinski definition) is 1. The van der Waals surface area contributed by atoms with Crippen LogP contribution in [0.25, 0.3) is 0 Å². The van der Waals surface area contributed by atoms with Gasteiger partial charge in [-0.2, -0.15) is 0 Å². The number of carbonyl (C=O) groups excluding carboxylic acids is 1. The summed E-state index contributed by atoms with van der Waals surface area (Å²) in [7, 11) is 1.82. The number of likely N-dealkylation sites (N-methyl/N-ethyl adjacent to an activating group) is 1. The monoisotopic (exact) mass is 230 g/mol. The Morgan fingerprint density at radius 1 is 1.25 bits per heavy atom. The van der Waals surface area contributed by atoms with E-state index in [-0.39, 0.29) is 18.1 Å². The number of hydrogen-bond acceptors (Lipinski definition) is 3. The Morgan fingerprint density at radius 2 is 1.88 bits per heavy atom. The number of ether oxygens (including phenoxy) is 1. The van der Waals surface area contributed by atoms with E-state index in [1.165, 1.54) is 0 Å². The van der Waals surface area contributed by atoms with Crippen LogP contribution in [0.1, 0.15) is 40.0 Å². The van der Waals surface area contributed by atoms with E-state index in [1.807, 2.05) is 27.8 Å². The van der Waals surface area contributed by atoms with Gasteiger partial charge in [-0.05, 0) is 40.2 Å². The minimum absolute atomic E-state index is 0.0441. The number of nitrogens with two attached hydrogens (primary N) is 1. The molecule has 0 radical (unpaired) electrons. The van der Waals surface area contributed by atoms with Crippen molar-refractivity contribution in [1.29, 1.82) is 0 Å². The van der Waals surface area contributed by atoms with E-state index in [1.54, 1.807) is 4.90 Å². The number of unbranched alkanes of at least 4 members (excludes halogenated alkanes) is 2. The molecular formula is C12H26N2O2. The van der Waals surface area contributed by atoms with E-state index in [4.69, 9.17) is 10.5 Å². The molecule has 0 atom stereocenters. The van der Waals surface area contributed by atoms with E-state index in [0.29, 0.717) is 0 Å². The summed E-state index contributed by atoms with van der Waals surface area (Å²) in [6.07, 6.45) is 3.11. The number of amides is 1. The summed E-state index contributed by atoms with van der Waals surface area (Å²) >= 11 is 0. The highest BCUT2D eigenvalue weighted by Crippen LogP contribution is 2.06. The van der Waals surface area contributed by atoms with Crippen molar-refractivity contribution >= 4 is 5.91 Å². The molecule has 0 aliphatic carbocycles. The smallest absolute Gasteiger partial charge is 0.248 e. The molecule has 0 aromatic heterocycles. The molecule has 0 aromatic rings. The molecule has 0 unspecified atom stereocenters. The molecule has 0 saturated heterocycles. The fourth-order valence-electron chi connectivity index (χ4n) is 1.18. The minimum atomic E-state index is -0.254. The summed E-state index contributed by atoms with van der Waals surface area (Å²) in [5.74, 6) is 0.0441. The predicted molar refractivity (Wildman–Crippen MR) is 66.2 cm³/mol. The first-order valence-corrected chi connectivity index (χ1v) is 5.95. The zero-order valence-corrected chi connectivity index (χ0v) is 11.1. The maximum Gasteiger partial charge on any atom is 0.248 e. The van der Waals surface area contributed by atoms with Crippen molar-refractivity contribution in [2.75, 3.05) is 26.7 Å². The van der Waals surface area contributed by atoms with Crippen LogP contribution in [-0.2, 0) is 9.53 Å². The van der Waals surface area contributed by atoms with Crippen LogP contribution in [-0.4, -0.2) is 43.2 Å². The van der Waals surface area contributed by atoms with Gasteiger partial charge in [0.1, 0.15) is 6.61 Å². The molecule has 0 spiro atoms. The summed E-state index contributed by atoms with van der Waals surface area (Å²) in [5, 5.41) is 0. The van der Waals surface area contributed by atoms with Gasteiger partial charge in [-0.3, -0.25) is 4.79 Å². The third-order valence-corrected chi connectivity index (χ3v) is 2.25. The number of rotatable bonds is 7. The summed E-state index contributed by atoms with van der Waals surface area (Å²) in [4.78, 5) is 13.4. The zero-order chi connectivity index (χ0) is 12.6. The minimum Gasteiger partial charge on any atom is -0.366 e. The molecule has 4 heteroatoms. The van der Waals surface area contributed by atoms with Crippen LogP contribution in [0.4, 0.5) is 0 Å². The molecule has 1 amide bonds. The van der Waals surface area contributed by atoms with Crippen LogP contribution < -0.4 is 5.73 Å². The lowest BCUT2D eigenvalue weighted by atomic mass is 10.2. The maximum absolute atomic E-state index is 11.6. The summed E-state index contributed by atoms with van der Waals surface area (Å²) < 4.78 is 5.43. The lowest BCUT2D eigenvalue weighted by Crippen LogP contribution is -2.34. The van der Waals surface area contributed by atoms with Gasteiger partial charge in [0.2, 0.25) is 5.91 Å². The average molecular weight is 230 g/mol. The average Bonchev–Trinajstić information content (AvgIpc) is 2.19. The second kappa shape index (κ2) is 7.63. The predicted octanol–water partition coefficient (Wildman–Crippen LogP) is 1.39. The molecule has 16 heavy (non-hydrogen) atoms. The molecule has 0 aliphatic heterocycles. The molecule has 0 bridgehead atoms. The molecule has 4 nitrogen and oxygen atoms in total. The third kappa shape index (κ3) is 8.68. The van der Waals surface area contributed by atoms with Crippen molar-refractivity contribution in [3.05, 3.63) is 0 Å². The van der Waals surface area contributed by atoms with Crippen LogP contribution >= 0.6 is 0 Å². The first kappa shape index (κ1) is 15.4. The molecule has 2 N–H and O–H groups in total. The van der Waals surface area contributed by atoms with Gasteiger partial charge in [0.25, 0.3) is 0 Å². The fraction of sp³-hybridized carbons (Fsp3) is 0.917. The second-order valence-electron chi connectivity index (χ2n) is 5.07. The van der Waals surface area contributed by atoms with Gasteiger partial charge in [-0.15, -0.1) is 0 Å². The van der Waals surface area contributed by atoms with Gasteiger partial charge in [0.05, 0.1) is 5.60 Å². The first-order valence-electron chi connectivity index (χ1n) is 5.95. The summed E-state index contributed by atoms with van der Waals surface area (Å²) in [5.41, 5.74) is 5.15. The van der Waals surface area contributed by atoms with Gasteiger partial charge < -0.3 is 15.4 Å². The van der Waals surface area contributed by atoms with E-state index in [9.17, 15) is 4.79 Å². The van der Waals surface area contributed by atoms with Crippen molar-refractivity contribution in [3.8, 4) is 0 Å². The normalized spacial score (nSPS) is 11.6. The Hall–Kier alpha value is -0.610. The second-order valence-corrected chi connectivity index (χ2v) is 5.07. The van der Waals surface area contributed by atoms with Gasteiger partial charge in [0.15, 0.2) is 0 Å². The summed E-state index contributed by atoms with van der Waals surface area (Å²) in [6.45, 7) is 7.51. The van der Waals surface area contributed by atoms with Gasteiger partial charge in [0, 0.05) is 13.6 Å². The van der Waals surface area contributed by atoms with Crippen molar-refractivity contribution in [2.45, 2.75) is 45.6 Å². The zero-order valence-electron chi connectivity index (χ0n) is 11.1. The fourth-order valence-corrected chi connectivity index (χ4v) is 1.18. The van der Waals surface area contributed by atoms with Crippen molar-refractivity contribution in [2.24, 2.45) is 5.73 Å². The van der Waals surface area contributed by atoms with E-state index in [0.717, 1.165) is 32.4 Å². The number of carbonyl (C=O) groups is 1. The van der Waals surface area contributed by atoms with Crippen LogP contribution in [0.5, 0.6) is 0 Å². The Labute approximate surface area is 99.1 Å². The van der Waals surface area contributed by atoms with E-state index in [2.05, 4.69) is 0 Å². The van der Waals surface area contributed by atoms with Crippen LogP contribution in [0, 0.1) is 0 Å². The number of nitrogens with zero attached hydrogens (tertiary/aromatic N) is 1. The summed E-state index contributed by atoms with van der Waals surface area (Å²) in [6, 6.07) is 0. The van der Waals surface area contributed by atoms with Gasteiger partial charge in [-0.25, -0.2) is 0 Å². The third-order valence-electron chi connectivity index (χ3n) is 2.25. The molecule has 0 aromatic carbocycles. The van der Waals surface area contributed by atoms with Crippen LogP contribution in [0.3, 0.4) is 0 Å². The first-order chi connectivity index (χ1) is 7.37. The molecular weight excluding hydrogens is 204 g/mol. The van der Waals surface area contributed by atoms with Gasteiger partial charge in [-0.1, -0.05) is 6.42 Å². The Bertz CT molecular complexity index is 200. The Balaban J connectivity index is 3.65. The quantitative estimate of drug-likeness (QED) is 0.672. The highest BCUT2D eigenvalue weighted by molar-refractivity contribution is 5.77. The van der Waals surface area contributed by atoms with E-state index < -0.39 is 0 Å². The maximum atomic E-state index is 11.6. The Morgan fingerprint density at radius 3 is 2.38 bits per heavy atom. The van der Waals surface area contributed by atoms with Crippen LogP contribution in [0.15, 0.2) is 0 Å². The highest BCUT2D eigenvalue weighted by Gasteiger charge is 2.15. The molecule has 0 rings (SSSR count).